The average molecular weight is 419 g/mol. The van der Waals surface area contributed by atoms with Crippen molar-refractivity contribution in [1.82, 2.24) is 20.5 Å². The van der Waals surface area contributed by atoms with E-state index in [0.29, 0.717) is 12.3 Å². The first-order valence-corrected chi connectivity index (χ1v) is 9.95. The second-order valence-corrected chi connectivity index (χ2v) is 7.51. The number of hydrogen-bond donors (Lipinski definition) is 1. The number of benzene rings is 2. The number of nitrogens with one attached hydrogen (secondary N) is 1. The lowest BCUT2D eigenvalue weighted by Crippen LogP contribution is -2.25. The molecule has 2 aromatic carbocycles. The largest absolute Gasteiger partial charge is 0.497 e. The summed E-state index contributed by atoms with van der Waals surface area (Å²) in [6.45, 7) is -0.0515. The van der Waals surface area contributed by atoms with Crippen LogP contribution in [0.5, 0.6) is 5.75 Å². The number of nitrogens with zero attached hydrogens (tertiary/aromatic N) is 4. The highest BCUT2D eigenvalue weighted by atomic mass is 32.1. The van der Waals surface area contributed by atoms with Gasteiger partial charge in [-0.1, -0.05) is 18.2 Å². The number of nitriles is 1. The number of amides is 1. The normalized spacial score (nSPS) is 10.7. The Morgan fingerprint density at radius 1 is 1.17 bits per heavy atom. The van der Waals surface area contributed by atoms with Crippen molar-refractivity contribution in [3.8, 4) is 22.9 Å². The third-order valence-corrected chi connectivity index (χ3v) is 5.36. The zero-order valence-corrected chi connectivity index (χ0v) is 16.9. The zero-order valence-electron chi connectivity index (χ0n) is 16.1. The van der Waals surface area contributed by atoms with Crippen molar-refractivity contribution in [1.29, 1.82) is 5.26 Å². The molecule has 8 nitrogen and oxygen atoms in total. The molecule has 150 valence electrons. The van der Waals surface area contributed by atoms with Gasteiger partial charge >= 0.3 is 0 Å². The molecule has 1 N–H and O–H groups in total. The lowest BCUT2D eigenvalue weighted by Gasteiger charge is -2.03. The molecule has 0 aliphatic carbocycles. The molecule has 1 amide bonds. The van der Waals surface area contributed by atoms with Crippen LogP contribution in [0.25, 0.3) is 21.3 Å². The van der Waals surface area contributed by atoms with E-state index in [-0.39, 0.29) is 24.8 Å². The molecule has 0 aliphatic heterocycles. The Labute approximate surface area is 176 Å². The summed E-state index contributed by atoms with van der Waals surface area (Å²) in [7, 11) is 1.65. The third kappa shape index (κ3) is 4.45. The first kappa shape index (κ1) is 19.5. The minimum Gasteiger partial charge on any atom is -0.497 e. The summed E-state index contributed by atoms with van der Waals surface area (Å²) < 4.78 is 11.8. The first-order chi connectivity index (χ1) is 14.6. The van der Waals surface area contributed by atoms with Gasteiger partial charge in [0.2, 0.25) is 17.7 Å². The highest BCUT2D eigenvalue weighted by molar-refractivity contribution is 7.18. The Hall–Kier alpha value is -3.77. The molecule has 0 bridgehead atoms. The van der Waals surface area contributed by atoms with Crippen molar-refractivity contribution >= 4 is 27.5 Å². The Bertz CT molecular complexity index is 1220. The van der Waals surface area contributed by atoms with E-state index in [0.717, 1.165) is 32.1 Å². The van der Waals surface area contributed by atoms with E-state index in [1.807, 2.05) is 42.5 Å². The summed E-state index contributed by atoms with van der Waals surface area (Å²) in [5.74, 6) is 1.09. The molecule has 0 atom stereocenters. The van der Waals surface area contributed by atoms with Crippen molar-refractivity contribution in [2.45, 2.75) is 12.8 Å². The van der Waals surface area contributed by atoms with E-state index in [1.54, 1.807) is 18.4 Å². The number of ether oxygens (including phenoxy) is 1. The molecule has 4 aromatic rings. The van der Waals surface area contributed by atoms with Gasteiger partial charge < -0.3 is 14.5 Å². The second kappa shape index (κ2) is 8.71. The molecule has 4 rings (SSSR count). The number of rotatable bonds is 7. The molecule has 0 fully saturated rings. The maximum Gasteiger partial charge on any atom is 0.230 e. The van der Waals surface area contributed by atoms with Gasteiger partial charge in [0.25, 0.3) is 0 Å². The van der Waals surface area contributed by atoms with Crippen LogP contribution in [-0.4, -0.2) is 34.7 Å². The fourth-order valence-corrected chi connectivity index (χ4v) is 3.91. The number of thiazole rings is 1. The van der Waals surface area contributed by atoms with E-state index in [9.17, 15) is 4.79 Å². The number of carbonyl (C=O) groups excluding carboxylic acids is 1. The van der Waals surface area contributed by atoms with Crippen LogP contribution >= 0.6 is 11.3 Å². The molecule has 0 radical (unpaired) electrons. The van der Waals surface area contributed by atoms with Crippen molar-refractivity contribution in [3.05, 3.63) is 59.3 Å². The number of fused-ring (bicyclic) bond motifs is 1. The van der Waals surface area contributed by atoms with Crippen LogP contribution < -0.4 is 10.1 Å². The second-order valence-electron chi connectivity index (χ2n) is 6.40. The Balaban J connectivity index is 1.47. The Kier molecular flexibility index (Phi) is 5.68. The van der Waals surface area contributed by atoms with Crippen molar-refractivity contribution in [2.75, 3.05) is 13.7 Å². The van der Waals surface area contributed by atoms with E-state index < -0.39 is 0 Å². The van der Waals surface area contributed by atoms with E-state index in [4.69, 9.17) is 14.4 Å². The van der Waals surface area contributed by atoms with Gasteiger partial charge in [-0.15, -0.1) is 21.5 Å². The van der Waals surface area contributed by atoms with Crippen LogP contribution in [0.3, 0.4) is 0 Å². The molecule has 0 aliphatic rings. The molecular formula is C21H17N5O3S. The number of hydrogen-bond acceptors (Lipinski definition) is 8. The van der Waals surface area contributed by atoms with Gasteiger partial charge in [0.15, 0.2) is 0 Å². The maximum atomic E-state index is 11.6. The smallest absolute Gasteiger partial charge is 0.230 e. The predicted octanol–water partition coefficient (Wildman–Crippen LogP) is 3.13. The summed E-state index contributed by atoms with van der Waals surface area (Å²) >= 11 is 1.56. The lowest BCUT2D eigenvalue weighted by atomic mass is 10.1. The van der Waals surface area contributed by atoms with E-state index in [1.165, 1.54) is 0 Å². The number of methoxy groups -OCH3 is 1. The highest BCUT2D eigenvalue weighted by Crippen LogP contribution is 2.30. The van der Waals surface area contributed by atoms with Crippen LogP contribution in [0.4, 0.5) is 0 Å². The fourth-order valence-electron chi connectivity index (χ4n) is 2.91. The van der Waals surface area contributed by atoms with E-state index in [2.05, 4.69) is 26.6 Å². The average Bonchev–Trinajstić information content (AvgIpc) is 3.37. The summed E-state index contributed by atoms with van der Waals surface area (Å²) in [4.78, 5) is 16.3. The van der Waals surface area contributed by atoms with Crippen LogP contribution in [-0.2, 0) is 17.6 Å². The van der Waals surface area contributed by atoms with Gasteiger partial charge in [-0.3, -0.25) is 4.79 Å². The highest BCUT2D eigenvalue weighted by Gasteiger charge is 2.13. The topological polar surface area (TPSA) is 114 Å². The van der Waals surface area contributed by atoms with Gasteiger partial charge in [-0.05, 0) is 35.4 Å². The van der Waals surface area contributed by atoms with Crippen molar-refractivity contribution < 1.29 is 13.9 Å². The Morgan fingerprint density at radius 3 is 2.70 bits per heavy atom. The minimum atomic E-state index is -0.335. The molecule has 2 heterocycles. The quantitative estimate of drug-likeness (QED) is 0.458. The molecule has 2 aromatic heterocycles. The van der Waals surface area contributed by atoms with Crippen LogP contribution in [0, 0.1) is 11.3 Å². The summed E-state index contributed by atoms with van der Waals surface area (Å²) in [5.41, 5.74) is 3.11. The maximum absolute atomic E-state index is 11.6. The monoisotopic (exact) mass is 419 g/mol. The summed E-state index contributed by atoms with van der Waals surface area (Å²) in [6, 6.07) is 15.9. The van der Waals surface area contributed by atoms with Gasteiger partial charge in [0, 0.05) is 0 Å². The first-order valence-electron chi connectivity index (χ1n) is 9.13. The summed E-state index contributed by atoms with van der Waals surface area (Å²) in [6.07, 6.45) is 0.337. The third-order valence-electron chi connectivity index (χ3n) is 4.34. The molecule has 0 saturated carbocycles. The fraction of sp³-hybridized carbons (Fsp3) is 0.190. The van der Waals surface area contributed by atoms with Crippen LogP contribution in [0.15, 0.2) is 46.9 Å². The Morgan fingerprint density at radius 2 is 1.93 bits per heavy atom. The van der Waals surface area contributed by atoms with Crippen molar-refractivity contribution in [2.24, 2.45) is 0 Å². The molecule has 0 spiro atoms. The molecular weight excluding hydrogens is 402 g/mol. The SMILES string of the molecule is COc1ccc(-c2ccc3nc(Cc4nnc(CC(=O)NCC#N)o4)sc3c2)cc1. The molecule has 0 unspecified atom stereocenters. The summed E-state index contributed by atoms with van der Waals surface area (Å²) in [5, 5.41) is 19.6. The van der Waals surface area contributed by atoms with Crippen molar-refractivity contribution in [3.63, 3.8) is 0 Å². The van der Waals surface area contributed by atoms with Gasteiger partial charge in [-0.2, -0.15) is 5.26 Å². The van der Waals surface area contributed by atoms with Gasteiger partial charge in [0.1, 0.15) is 23.7 Å². The predicted molar refractivity (Wildman–Crippen MR) is 111 cm³/mol. The molecule has 30 heavy (non-hydrogen) atoms. The lowest BCUT2D eigenvalue weighted by molar-refractivity contribution is -0.120. The number of aromatic nitrogens is 3. The van der Waals surface area contributed by atoms with Gasteiger partial charge in [0.05, 0.1) is 29.8 Å². The minimum absolute atomic E-state index is 0.0515. The standard InChI is InChI=1S/C21H17N5O3S/c1-28-15-5-2-13(3-6-15)14-4-7-16-17(10-14)30-21(24-16)12-20-26-25-19(29-20)11-18(27)23-9-8-22/h2-7,10H,9,11-12H2,1H3,(H,23,27). The zero-order chi connectivity index (χ0) is 20.9. The van der Waals surface area contributed by atoms with E-state index >= 15 is 0 Å². The number of carbonyl (C=O) groups is 1. The van der Waals surface area contributed by atoms with Crippen LogP contribution in [0.2, 0.25) is 0 Å². The van der Waals surface area contributed by atoms with Gasteiger partial charge in [-0.25, -0.2) is 4.98 Å². The van der Waals surface area contributed by atoms with Crippen LogP contribution in [0.1, 0.15) is 16.8 Å². The molecule has 0 saturated heterocycles. The molecule has 9 heteroatoms.